The van der Waals surface area contributed by atoms with E-state index in [-0.39, 0.29) is 17.9 Å². The van der Waals surface area contributed by atoms with E-state index in [0.717, 1.165) is 10.8 Å². The van der Waals surface area contributed by atoms with Gasteiger partial charge in [-0.2, -0.15) is 0 Å². The zero-order valence-corrected chi connectivity index (χ0v) is 13.7. The maximum absolute atomic E-state index is 12.2. The first-order valence-electron chi connectivity index (χ1n) is 7.09. The van der Waals surface area contributed by atoms with Crippen LogP contribution in [0.1, 0.15) is 25.4 Å². The minimum atomic E-state index is -0.295. The van der Waals surface area contributed by atoms with Gasteiger partial charge in [-0.1, -0.05) is 13.8 Å². The Kier molecular flexibility index (Phi) is 3.69. The number of nitrogens with zero attached hydrogens (tertiary/aromatic N) is 3. The first-order valence-corrected chi connectivity index (χ1v) is 7.97. The number of rotatable bonds is 3. The maximum atomic E-state index is 12.2. The molecule has 1 atom stereocenters. The van der Waals surface area contributed by atoms with Crippen LogP contribution in [0.3, 0.4) is 0 Å². The molecule has 7 nitrogen and oxygen atoms in total. The molecule has 0 aromatic carbocycles. The molecule has 0 bridgehead atoms. The summed E-state index contributed by atoms with van der Waals surface area (Å²) in [7, 11) is 0. The van der Waals surface area contributed by atoms with Crippen molar-refractivity contribution in [1.29, 1.82) is 0 Å². The number of carbonyl (C=O) groups excluding carboxylic acids is 1. The molecule has 1 aliphatic rings. The van der Waals surface area contributed by atoms with Gasteiger partial charge < -0.3 is 16.0 Å². The summed E-state index contributed by atoms with van der Waals surface area (Å²) in [5, 5.41) is 11.9. The number of hydrogen-bond donors (Lipinski definition) is 3. The van der Waals surface area contributed by atoms with Gasteiger partial charge >= 0.3 is 0 Å². The van der Waals surface area contributed by atoms with Gasteiger partial charge in [0.05, 0.1) is 5.69 Å². The van der Waals surface area contributed by atoms with Crippen molar-refractivity contribution in [3.05, 3.63) is 16.9 Å². The lowest BCUT2D eigenvalue weighted by atomic mass is 10.0. The Balaban J connectivity index is 1.97. The van der Waals surface area contributed by atoms with Gasteiger partial charge in [0.2, 0.25) is 5.91 Å². The van der Waals surface area contributed by atoms with Crippen LogP contribution in [0.15, 0.2) is 5.38 Å². The second-order valence-corrected chi connectivity index (χ2v) is 6.48. The lowest BCUT2D eigenvalue weighted by molar-refractivity contribution is -0.117. The molecule has 2 aromatic heterocycles. The highest BCUT2D eigenvalue weighted by Crippen LogP contribution is 2.34. The molecule has 0 saturated carbocycles. The molecule has 0 saturated heterocycles. The van der Waals surface area contributed by atoms with Crippen LogP contribution in [0.25, 0.3) is 0 Å². The summed E-state index contributed by atoms with van der Waals surface area (Å²) in [6, 6.07) is -0.295. The molecule has 0 aliphatic carbocycles. The van der Waals surface area contributed by atoms with Crippen LogP contribution in [0.5, 0.6) is 0 Å². The zero-order valence-electron chi connectivity index (χ0n) is 12.9. The van der Waals surface area contributed by atoms with Crippen LogP contribution in [0.2, 0.25) is 0 Å². The number of carbonyl (C=O) groups is 1. The quantitative estimate of drug-likeness (QED) is 0.806. The molecule has 0 radical (unpaired) electrons. The van der Waals surface area contributed by atoms with Gasteiger partial charge in [-0.3, -0.25) is 4.79 Å². The Morgan fingerprint density at radius 1 is 1.27 bits per heavy atom. The van der Waals surface area contributed by atoms with E-state index < -0.39 is 0 Å². The van der Waals surface area contributed by atoms with Crippen LogP contribution in [0, 0.1) is 19.8 Å². The standard InChI is InChI=1S/C14H18N6OS/c1-6(2)9-13(21)19-10-11(18-9)16-8(4)17-12(10)20-14-15-7(3)5-22-14/h5-6,9H,1-4H3,(H,19,21)(H2,15,16,17,18,20). The third kappa shape index (κ3) is 2.74. The Hall–Kier alpha value is -2.22. The molecule has 1 aliphatic heterocycles. The van der Waals surface area contributed by atoms with Crippen molar-refractivity contribution in [3.8, 4) is 0 Å². The van der Waals surface area contributed by atoms with E-state index >= 15 is 0 Å². The number of amides is 1. The molecule has 3 N–H and O–H groups in total. The molecule has 2 aromatic rings. The first-order chi connectivity index (χ1) is 10.4. The average Bonchev–Trinajstić information content (AvgIpc) is 2.84. The fraction of sp³-hybridized carbons (Fsp3) is 0.429. The summed E-state index contributed by atoms with van der Waals surface area (Å²) in [5.41, 5.74) is 1.51. The molecular formula is C14H18N6OS. The number of anilines is 4. The monoisotopic (exact) mass is 318 g/mol. The highest BCUT2D eigenvalue weighted by molar-refractivity contribution is 7.13. The van der Waals surface area contributed by atoms with Crippen LogP contribution in [0.4, 0.5) is 22.5 Å². The molecule has 22 heavy (non-hydrogen) atoms. The predicted molar refractivity (Wildman–Crippen MR) is 87.8 cm³/mol. The highest BCUT2D eigenvalue weighted by atomic mass is 32.1. The summed E-state index contributed by atoms with van der Waals surface area (Å²) in [5.74, 6) is 1.91. The van der Waals surface area contributed by atoms with Crippen LogP contribution in [-0.4, -0.2) is 26.9 Å². The lowest BCUT2D eigenvalue weighted by Crippen LogP contribution is -2.43. The van der Waals surface area contributed by atoms with Crippen molar-refractivity contribution in [2.75, 3.05) is 16.0 Å². The fourth-order valence-corrected chi connectivity index (χ4v) is 2.97. The molecule has 1 unspecified atom stereocenters. The number of hydrogen-bond acceptors (Lipinski definition) is 7. The molecular weight excluding hydrogens is 300 g/mol. The number of aryl methyl sites for hydroxylation is 2. The summed E-state index contributed by atoms with van der Waals surface area (Å²) in [6.45, 7) is 7.74. The zero-order chi connectivity index (χ0) is 15.9. The van der Waals surface area contributed by atoms with Crippen LogP contribution < -0.4 is 16.0 Å². The molecule has 116 valence electrons. The molecule has 0 fully saturated rings. The van der Waals surface area contributed by atoms with Gasteiger partial charge in [0.1, 0.15) is 17.6 Å². The smallest absolute Gasteiger partial charge is 0.247 e. The van der Waals surface area contributed by atoms with Gasteiger partial charge in [0.25, 0.3) is 0 Å². The predicted octanol–water partition coefficient (Wildman–Crippen LogP) is 2.68. The highest BCUT2D eigenvalue weighted by Gasteiger charge is 2.31. The number of thiazole rings is 1. The van der Waals surface area contributed by atoms with Crippen molar-refractivity contribution in [3.63, 3.8) is 0 Å². The molecule has 0 spiro atoms. The van der Waals surface area contributed by atoms with Crippen molar-refractivity contribution in [2.24, 2.45) is 5.92 Å². The Bertz CT molecular complexity index is 726. The van der Waals surface area contributed by atoms with Crippen LogP contribution in [-0.2, 0) is 4.79 Å². The normalized spacial score (nSPS) is 17.0. The maximum Gasteiger partial charge on any atom is 0.247 e. The van der Waals surface area contributed by atoms with E-state index in [9.17, 15) is 4.79 Å². The minimum absolute atomic E-state index is 0.0756. The number of aromatic nitrogens is 3. The summed E-state index contributed by atoms with van der Waals surface area (Å²) in [6.07, 6.45) is 0. The van der Waals surface area contributed by atoms with Crippen molar-refractivity contribution < 1.29 is 4.79 Å². The van der Waals surface area contributed by atoms with Gasteiger partial charge in [-0.25, -0.2) is 15.0 Å². The van der Waals surface area contributed by atoms with Crippen molar-refractivity contribution in [1.82, 2.24) is 15.0 Å². The second kappa shape index (κ2) is 5.53. The molecule has 3 rings (SSSR count). The van der Waals surface area contributed by atoms with E-state index in [1.807, 2.05) is 33.1 Å². The fourth-order valence-electron chi connectivity index (χ4n) is 2.28. The minimum Gasteiger partial charge on any atom is -0.356 e. The molecule has 8 heteroatoms. The second-order valence-electron chi connectivity index (χ2n) is 5.62. The number of nitrogens with one attached hydrogen (secondary N) is 3. The van der Waals surface area contributed by atoms with Crippen LogP contribution >= 0.6 is 11.3 Å². The first kappa shape index (κ1) is 14.7. The van der Waals surface area contributed by atoms with Crippen molar-refractivity contribution >= 4 is 39.7 Å². The largest absolute Gasteiger partial charge is 0.356 e. The van der Waals surface area contributed by atoms with E-state index in [2.05, 4.69) is 30.9 Å². The summed E-state index contributed by atoms with van der Waals surface area (Å²) in [4.78, 5) is 25.4. The molecule has 3 heterocycles. The lowest BCUT2D eigenvalue weighted by Gasteiger charge is -2.29. The average molecular weight is 318 g/mol. The SMILES string of the molecule is Cc1csc(Nc2nc(C)nc3c2NC(=O)C(C(C)C)N3)n1. The summed E-state index contributed by atoms with van der Waals surface area (Å²) < 4.78 is 0. The summed E-state index contributed by atoms with van der Waals surface area (Å²) >= 11 is 1.49. The van der Waals surface area contributed by atoms with E-state index in [1.165, 1.54) is 11.3 Å². The van der Waals surface area contributed by atoms with Gasteiger partial charge in [0.15, 0.2) is 16.8 Å². The van der Waals surface area contributed by atoms with E-state index in [0.29, 0.717) is 23.1 Å². The van der Waals surface area contributed by atoms with Gasteiger partial charge in [-0.05, 0) is 19.8 Å². The topological polar surface area (TPSA) is 91.8 Å². The number of fused-ring (bicyclic) bond motifs is 1. The van der Waals surface area contributed by atoms with E-state index in [4.69, 9.17) is 0 Å². The molecule has 1 amide bonds. The van der Waals surface area contributed by atoms with Gasteiger partial charge in [-0.15, -0.1) is 11.3 Å². The van der Waals surface area contributed by atoms with Crippen molar-refractivity contribution in [2.45, 2.75) is 33.7 Å². The van der Waals surface area contributed by atoms with Gasteiger partial charge in [0, 0.05) is 5.38 Å². The Morgan fingerprint density at radius 3 is 2.68 bits per heavy atom. The Morgan fingerprint density at radius 2 is 2.05 bits per heavy atom. The third-order valence-corrected chi connectivity index (χ3v) is 4.23. The third-order valence-electron chi connectivity index (χ3n) is 3.35. The van der Waals surface area contributed by atoms with E-state index in [1.54, 1.807) is 0 Å². The Labute approximate surface area is 132 Å².